The normalized spacial score (nSPS) is 49.9. The van der Waals surface area contributed by atoms with E-state index in [1.54, 1.807) is 6.92 Å². The molecule has 0 bridgehead atoms. The zero-order valence-electron chi connectivity index (χ0n) is 26.5. The van der Waals surface area contributed by atoms with Gasteiger partial charge in [-0.15, -0.1) is 0 Å². The Kier molecular flexibility index (Phi) is 8.89. The van der Waals surface area contributed by atoms with Crippen LogP contribution in [0.5, 0.6) is 0 Å². The first-order chi connectivity index (χ1) is 19.1. The fourth-order valence-electron chi connectivity index (χ4n) is 10.2. The van der Waals surface area contributed by atoms with Crippen LogP contribution in [0.3, 0.4) is 0 Å². The third-order valence-corrected chi connectivity index (χ3v) is 13.2. The van der Waals surface area contributed by atoms with Gasteiger partial charge >= 0.3 is 0 Å². The number of rotatable bonds is 7. The van der Waals surface area contributed by atoms with E-state index in [-0.39, 0.29) is 29.0 Å². The average Bonchev–Trinajstić information content (AvgIpc) is 3.18. The highest BCUT2D eigenvalue weighted by molar-refractivity contribution is 5.26. The molecule has 3 saturated carbocycles. The molecule has 5 rings (SSSR count). The van der Waals surface area contributed by atoms with Crippen LogP contribution in [-0.4, -0.2) is 74.0 Å². The van der Waals surface area contributed by atoms with Crippen LogP contribution in [0.4, 0.5) is 0 Å². The molecule has 5 aliphatic rings. The first-order valence-electron chi connectivity index (χ1n) is 16.5. The molecule has 0 amide bonds. The molecule has 0 radical (unpaired) electrons. The monoisotopic (exact) mass is 578 g/mol. The van der Waals surface area contributed by atoms with Gasteiger partial charge in [-0.25, -0.2) is 0 Å². The Morgan fingerprint density at radius 1 is 1.00 bits per heavy atom. The van der Waals surface area contributed by atoms with Crippen molar-refractivity contribution in [3.63, 3.8) is 0 Å². The molecule has 4 aliphatic carbocycles. The summed E-state index contributed by atoms with van der Waals surface area (Å²) in [6.07, 6.45) is 5.97. The molecule has 41 heavy (non-hydrogen) atoms. The van der Waals surface area contributed by atoms with Gasteiger partial charge in [0.05, 0.1) is 23.9 Å². The number of ether oxygens (including phenoxy) is 2. The Morgan fingerprint density at radius 2 is 1.71 bits per heavy atom. The number of aliphatic hydroxyl groups excluding tert-OH is 4. The Balaban J connectivity index is 1.26. The summed E-state index contributed by atoms with van der Waals surface area (Å²) in [6, 6.07) is 0. The van der Waals surface area contributed by atoms with Crippen LogP contribution in [0.2, 0.25) is 0 Å². The SMILES string of the molecule is CC1OC(O[C@H]2CC[C@@]3(C)C(=CCC4C3CC[C@@]3(C)C4C[C@H](O)[C@@H]3[C@H](C)CC[C@H](C)C(C)(C)O)C2)C(O)C(O)C1O. The zero-order valence-corrected chi connectivity index (χ0v) is 26.5. The van der Waals surface area contributed by atoms with Gasteiger partial charge < -0.3 is 35.0 Å². The van der Waals surface area contributed by atoms with Crippen molar-refractivity contribution in [2.75, 3.05) is 0 Å². The fourth-order valence-corrected chi connectivity index (χ4v) is 10.2. The van der Waals surface area contributed by atoms with Crippen LogP contribution in [0, 0.1) is 46.3 Å². The van der Waals surface area contributed by atoms with Crippen LogP contribution in [0.1, 0.15) is 106 Å². The van der Waals surface area contributed by atoms with Crippen LogP contribution in [0.15, 0.2) is 11.6 Å². The zero-order chi connectivity index (χ0) is 30.1. The first kappa shape index (κ1) is 31.9. The van der Waals surface area contributed by atoms with E-state index in [0.717, 1.165) is 51.4 Å². The molecule has 1 heterocycles. The van der Waals surface area contributed by atoms with Crippen molar-refractivity contribution in [2.24, 2.45) is 46.3 Å². The lowest BCUT2D eigenvalue weighted by Gasteiger charge is -2.58. The van der Waals surface area contributed by atoms with Crippen LogP contribution >= 0.6 is 0 Å². The van der Waals surface area contributed by atoms with Gasteiger partial charge in [-0.1, -0.05) is 39.3 Å². The van der Waals surface area contributed by atoms with Gasteiger partial charge in [-0.05, 0) is 125 Å². The predicted octanol–water partition coefficient (Wildman–Crippen LogP) is 4.57. The average molecular weight is 579 g/mol. The third kappa shape index (κ3) is 5.60. The maximum absolute atomic E-state index is 11.5. The molecule has 0 aromatic carbocycles. The van der Waals surface area contributed by atoms with Crippen LogP contribution in [-0.2, 0) is 9.47 Å². The van der Waals surface area contributed by atoms with Gasteiger partial charge in [-0.3, -0.25) is 0 Å². The molecule has 7 nitrogen and oxygen atoms in total. The summed E-state index contributed by atoms with van der Waals surface area (Å²) in [7, 11) is 0. The molecular formula is C34H58O7. The summed E-state index contributed by atoms with van der Waals surface area (Å²) in [6.45, 7) is 14.9. The van der Waals surface area contributed by atoms with Gasteiger partial charge in [0, 0.05) is 0 Å². The number of allylic oxidation sites excluding steroid dienone is 1. The molecule has 8 unspecified atom stereocenters. The molecule has 15 atom stereocenters. The lowest BCUT2D eigenvalue weighted by atomic mass is 9.47. The summed E-state index contributed by atoms with van der Waals surface area (Å²) in [5.41, 5.74) is 1.06. The quantitative estimate of drug-likeness (QED) is 0.281. The van der Waals surface area contributed by atoms with E-state index in [1.165, 1.54) is 12.0 Å². The second-order valence-corrected chi connectivity index (χ2v) is 15.9. The number of aliphatic hydroxyl groups is 5. The maximum Gasteiger partial charge on any atom is 0.186 e. The summed E-state index contributed by atoms with van der Waals surface area (Å²) >= 11 is 0. The highest BCUT2D eigenvalue weighted by atomic mass is 16.7. The van der Waals surface area contributed by atoms with Crippen LogP contribution < -0.4 is 0 Å². The molecule has 1 aliphatic heterocycles. The van der Waals surface area contributed by atoms with Crippen molar-refractivity contribution in [1.29, 1.82) is 0 Å². The van der Waals surface area contributed by atoms with E-state index in [1.807, 2.05) is 13.8 Å². The smallest absolute Gasteiger partial charge is 0.186 e. The Hall–Kier alpha value is -0.540. The molecule has 0 aromatic rings. The van der Waals surface area contributed by atoms with Crippen molar-refractivity contribution >= 4 is 0 Å². The first-order valence-corrected chi connectivity index (χ1v) is 16.5. The topological polar surface area (TPSA) is 120 Å². The van der Waals surface area contributed by atoms with E-state index in [2.05, 4.69) is 33.8 Å². The molecule has 4 fully saturated rings. The second-order valence-electron chi connectivity index (χ2n) is 15.9. The Bertz CT molecular complexity index is 961. The van der Waals surface area contributed by atoms with Crippen molar-refractivity contribution in [1.82, 2.24) is 0 Å². The Morgan fingerprint density at radius 3 is 2.39 bits per heavy atom. The van der Waals surface area contributed by atoms with Gasteiger partial charge in [0.2, 0.25) is 0 Å². The predicted molar refractivity (Wildman–Crippen MR) is 158 cm³/mol. The van der Waals surface area contributed by atoms with E-state index < -0.39 is 36.3 Å². The van der Waals surface area contributed by atoms with E-state index in [4.69, 9.17) is 9.47 Å². The van der Waals surface area contributed by atoms with E-state index in [9.17, 15) is 25.5 Å². The maximum atomic E-state index is 11.5. The molecule has 5 N–H and O–H groups in total. The minimum absolute atomic E-state index is 0.0844. The second kappa shape index (κ2) is 11.4. The van der Waals surface area contributed by atoms with E-state index >= 15 is 0 Å². The summed E-state index contributed by atoms with van der Waals surface area (Å²) in [5, 5.41) is 52.7. The number of hydrogen-bond acceptors (Lipinski definition) is 7. The van der Waals surface area contributed by atoms with Gasteiger partial charge in [0.25, 0.3) is 0 Å². The molecule has 7 heteroatoms. The van der Waals surface area contributed by atoms with Crippen molar-refractivity contribution in [3.05, 3.63) is 11.6 Å². The van der Waals surface area contributed by atoms with Crippen LogP contribution in [0.25, 0.3) is 0 Å². The summed E-state index contributed by atoms with van der Waals surface area (Å²) in [5.74, 6) is 2.69. The summed E-state index contributed by atoms with van der Waals surface area (Å²) in [4.78, 5) is 0. The molecule has 1 saturated heterocycles. The lowest BCUT2D eigenvalue weighted by Crippen LogP contribution is -2.58. The third-order valence-electron chi connectivity index (χ3n) is 13.2. The Labute approximate surface area is 247 Å². The largest absolute Gasteiger partial charge is 0.393 e. The van der Waals surface area contributed by atoms with E-state index in [0.29, 0.717) is 29.6 Å². The fraction of sp³-hybridized carbons (Fsp3) is 0.941. The van der Waals surface area contributed by atoms with Crippen molar-refractivity contribution in [3.8, 4) is 0 Å². The molecule has 0 spiro atoms. The van der Waals surface area contributed by atoms with Crippen molar-refractivity contribution in [2.45, 2.75) is 155 Å². The standard InChI is InChI=1S/C34H58O7/c1-18(8-9-19(2)32(4,5)39)27-26(35)17-25-23-11-10-21-16-22(41-31-30(38)29(37)28(36)20(3)40-31)12-14-33(21,6)24(23)13-15-34(25,27)7/h10,18-20,22-31,35-39H,8-9,11-17H2,1-7H3/t18-,19+,20?,22+,23?,24?,25?,26+,27+,28?,29?,30?,31?,33+,34+/m1/s1. The lowest BCUT2D eigenvalue weighted by molar-refractivity contribution is -0.305. The minimum Gasteiger partial charge on any atom is -0.393 e. The highest BCUT2D eigenvalue weighted by Crippen LogP contribution is 2.67. The molecule has 236 valence electrons. The van der Waals surface area contributed by atoms with Gasteiger partial charge in [0.1, 0.15) is 18.3 Å². The number of hydrogen-bond donors (Lipinski definition) is 5. The molecular weight excluding hydrogens is 520 g/mol. The minimum atomic E-state index is -1.28. The highest BCUT2D eigenvalue weighted by Gasteiger charge is 2.61. The van der Waals surface area contributed by atoms with Crippen molar-refractivity contribution < 1.29 is 35.0 Å². The van der Waals surface area contributed by atoms with Gasteiger partial charge in [0.15, 0.2) is 6.29 Å². The number of fused-ring (bicyclic) bond motifs is 5. The molecule has 0 aromatic heterocycles. The summed E-state index contributed by atoms with van der Waals surface area (Å²) < 4.78 is 12.0. The van der Waals surface area contributed by atoms with Gasteiger partial charge in [-0.2, -0.15) is 0 Å².